The Kier molecular flexibility index (Phi) is 27.0. The molecule has 7 aromatic carbocycles. The lowest BCUT2D eigenvalue weighted by Crippen LogP contribution is -2.49. The van der Waals surface area contributed by atoms with Crippen molar-refractivity contribution in [2.45, 2.75) is 165 Å². The highest BCUT2D eigenvalue weighted by Gasteiger charge is 2.56. The Bertz CT molecular complexity index is 4040. The smallest absolute Gasteiger partial charge is 0.407 e. The molecule has 1 unspecified atom stereocenters. The summed E-state index contributed by atoms with van der Waals surface area (Å²) < 4.78 is 86.1. The quantitative estimate of drug-likeness (QED) is 0.00919. The predicted molar refractivity (Wildman–Crippen MR) is 391 cm³/mol. The molecule has 19 heteroatoms. The molecule has 17 nitrogen and oxygen atoms in total. The number of ether oxygens (including phenoxy) is 6. The number of halogens is 1. The molecule has 1 aliphatic rings. The third kappa shape index (κ3) is 18.6. The second kappa shape index (κ2) is 36.5. The van der Waals surface area contributed by atoms with E-state index in [0.717, 1.165) is 93.7 Å². The van der Waals surface area contributed by atoms with Crippen LogP contribution >= 0.6 is 7.75 Å². The zero-order chi connectivity index (χ0) is 70.9. The van der Waals surface area contributed by atoms with E-state index in [1.54, 1.807) is 18.8 Å². The van der Waals surface area contributed by atoms with Gasteiger partial charge >= 0.3 is 25.8 Å². The normalized spacial score (nSPS) is 16.6. The number of hydrogen-bond acceptors (Lipinski definition) is 15. The first-order chi connectivity index (χ1) is 49.3. The van der Waals surface area contributed by atoms with Crippen LogP contribution in [0.5, 0.6) is 11.5 Å². The molecule has 2 aromatic heterocycles. The number of terminal acetylenes is 1. The van der Waals surface area contributed by atoms with Crippen molar-refractivity contribution >= 4 is 36.7 Å². The first-order valence-corrected chi connectivity index (χ1v) is 37.0. The Morgan fingerprint density at radius 3 is 1.59 bits per heavy atom. The zero-order valence-corrected chi connectivity index (χ0v) is 59.5. The van der Waals surface area contributed by atoms with Crippen molar-refractivity contribution in [1.82, 2.24) is 24.6 Å². The number of carbonyl (C=O) groups is 2. The predicted octanol–water partition coefficient (Wildman–Crippen LogP) is 17.4. The summed E-state index contributed by atoms with van der Waals surface area (Å²) in [6, 6.07) is 61.7. The van der Waals surface area contributed by atoms with Gasteiger partial charge in [-0.1, -0.05) is 273 Å². The fourth-order valence-corrected chi connectivity index (χ4v) is 14.8. The van der Waals surface area contributed by atoms with E-state index in [-0.39, 0.29) is 43.0 Å². The minimum atomic E-state index is -5.00. The lowest BCUT2D eigenvalue weighted by molar-refractivity contribution is -0.152. The molecule has 1 aliphatic heterocycles. The van der Waals surface area contributed by atoms with Gasteiger partial charge in [-0.15, -0.1) is 6.42 Å². The first kappa shape index (κ1) is 74.6. The Morgan fingerprint density at radius 1 is 0.634 bits per heavy atom. The zero-order valence-electron chi connectivity index (χ0n) is 58.6. The maximum absolute atomic E-state index is 16.9. The van der Waals surface area contributed by atoms with Crippen LogP contribution in [0.25, 0.3) is 11.2 Å². The average molecular weight is 1390 g/mol. The topological polar surface area (TPSA) is 193 Å². The van der Waals surface area contributed by atoms with E-state index >= 15 is 8.96 Å². The number of esters is 2. The number of nitrogens with zero attached hydrogens (tertiary/aromatic N) is 4. The van der Waals surface area contributed by atoms with E-state index < -0.39 is 73.6 Å². The molecule has 10 rings (SSSR count). The number of rotatable bonds is 40. The van der Waals surface area contributed by atoms with Crippen LogP contribution in [0.15, 0.2) is 207 Å². The molecule has 9 aromatic rings. The molecule has 2 N–H and O–H groups in total. The van der Waals surface area contributed by atoms with Crippen LogP contribution in [0.3, 0.4) is 0 Å². The van der Waals surface area contributed by atoms with Gasteiger partial charge in [0.25, 0.3) is 0 Å². The third-order valence-corrected chi connectivity index (χ3v) is 20.3. The van der Waals surface area contributed by atoms with Crippen molar-refractivity contribution < 1.29 is 56.0 Å². The molecule has 3 heterocycles. The molecular weight excluding hydrogens is 1290 g/mol. The Hall–Kier alpha value is -9.05. The van der Waals surface area contributed by atoms with Crippen LogP contribution in [-0.2, 0) is 59.7 Å². The van der Waals surface area contributed by atoms with Crippen LogP contribution in [0, 0.1) is 18.4 Å². The highest BCUT2D eigenvalue weighted by molar-refractivity contribution is 7.51. The Balaban J connectivity index is 1.08. The Morgan fingerprint density at radius 2 is 1.09 bits per heavy atom. The van der Waals surface area contributed by atoms with Gasteiger partial charge in [0.2, 0.25) is 0 Å². The van der Waals surface area contributed by atoms with Crippen LogP contribution in [-0.4, -0.2) is 89.3 Å². The summed E-state index contributed by atoms with van der Waals surface area (Å²) in [5.74, 6) is 2.67. The van der Waals surface area contributed by atoms with E-state index in [2.05, 4.69) is 40.1 Å². The minimum absolute atomic E-state index is 0.0194. The largest absolute Gasteiger partial charge is 0.497 e. The summed E-state index contributed by atoms with van der Waals surface area (Å²) >= 11 is 0. The van der Waals surface area contributed by atoms with Crippen LogP contribution in [0.4, 0.5) is 10.2 Å². The van der Waals surface area contributed by atoms with Crippen LogP contribution in [0.2, 0.25) is 0 Å². The maximum Gasteiger partial charge on any atom is 0.407 e. The maximum atomic E-state index is 16.9. The van der Waals surface area contributed by atoms with Crippen molar-refractivity contribution in [2.24, 2.45) is 0 Å². The summed E-state index contributed by atoms with van der Waals surface area (Å²) in [5, 5.41) is 6.65. The summed E-state index contributed by atoms with van der Waals surface area (Å²) in [6.07, 6.45) is 17.2. The number of aromatic nitrogens is 4. The van der Waals surface area contributed by atoms with E-state index in [0.29, 0.717) is 46.6 Å². The lowest BCUT2D eigenvalue weighted by Gasteiger charge is -2.41. The van der Waals surface area contributed by atoms with Crippen molar-refractivity contribution in [2.75, 3.05) is 39.4 Å². The van der Waals surface area contributed by atoms with Gasteiger partial charge < -0.3 is 33.7 Å². The highest BCUT2D eigenvalue weighted by Crippen LogP contribution is 2.53. The third-order valence-electron chi connectivity index (χ3n) is 18.6. The van der Waals surface area contributed by atoms with Gasteiger partial charge in [0, 0.05) is 6.42 Å². The van der Waals surface area contributed by atoms with Crippen LogP contribution < -0.4 is 19.9 Å². The van der Waals surface area contributed by atoms with E-state index in [1.807, 2.05) is 200 Å². The van der Waals surface area contributed by atoms with Crippen molar-refractivity contribution in [3.8, 4) is 23.8 Å². The summed E-state index contributed by atoms with van der Waals surface area (Å²) in [6.45, 7) is 5.22. The van der Waals surface area contributed by atoms with E-state index in [4.69, 9.17) is 48.9 Å². The van der Waals surface area contributed by atoms with E-state index in [1.165, 1.54) is 13.3 Å². The molecule has 1 fully saturated rings. The first-order valence-electron chi connectivity index (χ1n) is 35.4. The number of imidazole rings is 1. The highest BCUT2D eigenvalue weighted by atomic mass is 31.2. The second-order valence-corrected chi connectivity index (χ2v) is 27.3. The number of carbonyl (C=O) groups excluding carboxylic acids is 2. The summed E-state index contributed by atoms with van der Waals surface area (Å²) in [5.41, 5.74) is 0.528. The molecule has 101 heavy (non-hydrogen) atoms. The van der Waals surface area contributed by atoms with Gasteiger partial charge in [0.1, 0.15) is 47.6 Å². The van der Waals surface area contributed by atoms with Crippen LogP contribution in [0.1, 0.15) is 162 Å². The average Bonchev–Trinajstić information content (AvgIpc) is 1.73. The molecule has 6 atom stereocenters. The SMILES string of the molecule is C#C[C@]1(COP(=O)(N[C@@H](Cc2ccccc2)C(=O)OCCCCCCCCC)O[C@@H](C)C(=O)OCCCCCCCCC)O[C@@H](n2cnc3c(NC(c4ccccc4)(c4ccccc4)c4ccc(OC)cc4)nc(F)nc32)C[C@@H]1OC(c1ccccc1)(c1ccccc1)c1ccc(OC)cc1. The summed E-state index contributed by atoms with van der Waals surface area (Å²) in [4.78, 5) is 42.6. The molecule has 0 radical (unpaired) electrons. The van der Waals surface area contributed by atoms with Gasteiger partial charge in [-0.3, -0.25) is 18.4 Å². The van der Waals surface area contributed by atoms with Gasteiger partial charge in [-0.05, 0) is 89.4 Å². The molecule has 0 amide bonds. The number of unbranched alkanes of at least 4 members (excludes halogenated alkanes) is 12. The molecule has 0 aliphatic carbocycles. The van der Waals surface area contributed by atoms with Gasteiger partial charge in [-0.2, -0.15) is 14.4 Å². The minimum Gasteiger partial charge on any atom is -0.497 e. The van der Waals surface area contributed by atoms with Gasteiger partial charge in [0.05, 0.1) is 33.8 Å². The Labute approximate surface area is 593 Å². The molecule has 530 valence electrons. The fraction of sp³-hybridized carbons (Fsp3) is 0.378. The fourth-order valence-electron chi connectivity index (χ4n) is 13.2. The molecule has 0 spiro atoms. The van der Waals surface area contributed by atoms with Gasteiger partial charge in [0.15, 0.2) is 28.7 Å². The summed E-state index contributed by atoms with van der Waals surface area (Å²) in [7, 11) is -1.81. The molecule has 0 bridgehead atoms. The monoisotopic (exact) mass is 1390 g/mol. The van der Waals surface area contributed by atoms with Crippen molar-refractivity contribution in [3.63, 3.8) is 0 Å². The molecular formula is C82H94FN6O11P. The number of benzene rings is 7. The van der Waals surface area contributed by atoms with E-state index in [9.17, 15) is 9.59 Å². The standard InChI is InChI=1S/C82H94FN6O11P/c1-7-10-12-14-16-18-35-55-95-77(90)61(4)100-101(92,88-71(57-62-37-25-20-26-38-62)78(91)96-56-36-19-17-15-13-11-8-2)97-59-80(9-3)72(98-82(66-43-31-23-32-44-66,67-45-33-24-34-46-67)68-49-53-70(94-6)54-50-68)58-73(99-80)89-60-84-74-75(85-79(83)86-76(74)89)87-81(63-39-27-21-28-40-63,64-41-29-22-30-42-64)65-47-51-69(93-5)52-48-65/h3,20-34,37-54,60-61,71-73H,7-8,10-19,35-36,55-59H2,1-2,4-6H3,(H,88,92)(H,85,86,87)/t61-,71-,72-,73+,80+,101?/m0/s1. The lowest BCUT2D eigenvalue weighted by atomic mass is 9.77. The number of anilines is 1. The molecule has 1 saturated heterocycles. The van der Waals surface area contributed by atoms with Crippen molar-refractivity contribution in [3.05, 3.63) is 252 Å². The second-order valence-electron chi connectivity index (χ2n) is 25.6. The van der Waals surface area contributed by atoms with Crippen molar-refractivity contribution in [1.29, 1.82) is 0 Å². The number of methoxy groups -OCH3 is 2. The number of nitrogens with one attached hydrogen (secondary N) is 2. The molecule has 0 saturated carbocycles. The number of fused-ring (bicyclic) bond motifs is 1. The van der Waals surface area contributed by atoms with Gasteiger partial charge in [-0.25, -0.2) is 19.4 Å². The number of hydrogen-bond donors (Lipinski definition) is 2.